The maximum atomic E-state index is 10.2. The Hall–Kier alpha value is -4.37. The molecule has 0 amide bonds. The fourth-order valence-corrected chi connectivity index (χ4v) is 1.52. The highest BCUT2D eigenvalue weighted by molar-refractivity contribution is 5.96. The fraction of sp³-hybridized carbons (Fsp3) is 0.600. The molecule has 0 saturated carbocycles. The first-order valence-electron chi connectivity index (χ1n) is 12.3. The molecule has 0 aromatic rings. The molecule has 2 atom stereocenters. The van der Waals surface area contributed by atoms with Gasteiger partial charge in [-0.25, -0.2) is 0 Å². The first-order chi connectivity index (χ1) is 19.5. The van der Waals surface area contributed by atoms with E-state index in [-0.39, 0.29) is 86.7 Å². The zero-order valence-electron chi connectivity index (χ0n) is 24.2. The van der Waals surface area contributed by atoms with Gasteiger partial charge in [-0.15, -0.1) is 0 Å². The summed E-state index contributed by atoms with van der Waals surface area (Å²) in [6.07, 6.45) is 0.260. The summed E-state index contributed by atoms with van der Waals surface area (Å²) in [6.45, 7) is 5.26. The second-order valence-electron chi connectivity index (χ2n) is 8.26. The minimum atomic E-state index is -1.06. The Morgan fingerprint density at radius 3 is 0.568 bits per heavy atom. The van der Waals surface area contributed by atoms with Crippen molar-refractivity contribution in [1.29, 1.82) is 0 Å². The highest BCUT2D eigenvalue weighted by atomic mass is 27.0. The summed E-state index contributed by atoms with van der Waals surface area (Å²) in [6, 6.07) is 0. The van der Waals surface area contributed by atoms with Gasteiger partial charge in [-0.05, 0) is 47.0 Å². The van der Waals surface area contributed by atoms with Crippen molar-refractivity contribution in [3.8, 4) is 0 Å². The first kappa shape index (κ1) is 52.3. The topological polar surface area (TPSA) is 333 Å². The third kappa shape index (κ3) is 57.5. The van der Waals surface area contributed by atoms with E-state index < -0.39 is 59.6 Å². The maximum absolute atomic E-state index is 10.2. The van der Waals surface area contributed by atoms with Crippen LogP contribution in [0.5, 0.6) is 0 Å². The maximum Gasteiger partial charge on any atom is 0.313 e. The van der Waals surface area contributed by atoms with Crippen molar-refractivity contribution in [2.24, 2.45) is 11.8 Å². The molecular formula is C25H43AlO18. The van der Waals surface area contributed by atoms with E-state index in [1.165, 1.54) is 27.7 Å². The van der Waals surface area contributed by atoms with Crippen LogP contribution in [0.2, 0.25) is 0 Å². The SMILES string of the molecule is CC(=O)C(C)C(=O)O.CC(=O)C(C)C(=O)O.O=C(O)CCCC(=O)O.O=C(O)CCCC(=O)O.O=C(O)CCCC(=O)O.[AlH3]. The van der Waals surface area contributed by atoms with Gasteiger partial charge in [0.25, 0.3) is 0 Å². The van der Waals surface area contributed by atoms with Crippen molar-refractivity contribution >= 4 is 76.7 Å². The van der Waals surface area contributed by atoms with Crippen LogP contribution in [-0.4, -0.2) is 118 Å². The first-order valence-corrected chi connectivity index (χ1v) is 12.3. The lowest BCUT2D eigenvalue weighted by molar-refractivity contribution is -0.146. The highest BCUT2D eigenvalue weighted by Crippen LogP contribution is 1.96. The van der Waals surface area contributed by atoms with Gasteiger partial charge in [-0.2, -0.15) is 0 Å². The molecule has 0 aliphatic rings. The molecule has 0 aliphatic carbocycles. The molecule has 0 bridgehead atoms. The number of carbonyl (C=O) groups is 10. The van der Waals surface area contributed by atoms with Gasteiger partial charge in [0.05, 0.1) is 0 Å². The van der Waals surface area contributed by atoms with Crippen LogP contribution >= 0.6 is 0 Å². The average molecular weight is 659 g/mol. The van der Waals surface area contributed by atoms with Gasteiger partial charge in [0.15, 0.2) is 17.4 Å². The van der Waals surface area contributed by atoms with E-state index in [0.717, 1.165) is 0 Å². The van der Waals surface area contributed by atoms with Crippen LogP contribution in [0.1, 0.15) is 85.5 Å². The molecule has 0 heterocycles. The second-order valence-corrected chi connectivity index (χ2v) is 8.26. The molecule has 254 valence electrons. The minimum absolute atomic E-state index is 0. The largest absolute Gasteiger partial charge is 0.481 e. The summed E-state index contributed by atoms with van der Waals surface area (Å²) in [4.78, 5) is 99.0. The number of carboxylic acid groups (broad SMARTS) is 8. The van der Waals surface area contributed by atoms with E-state index in [9.17, 15) is 47.9 Å². The lowest BCUT2D eigenvalue weighted by Gasteiger charge is -1.96. The number of rotatable bonds is 16. The monoisotopic (exact) mass is 658 g/mol. The Morgan fingerprint density at radius 1 is 0.386 bits per heavy atom. The third-order valence-corrected chi connectivity index (χ3v) is 4.30. The quantitative estimate of drug-likeness (QED) is 0.0820. The molecule has 0 aromatic heterocycles. The van der Waals surface area contributed by atoms with E-state index in [1.807, 2.05) is 0 Å². The van der Waals surface area contributed by atoms with Crippen LogP contribution in [-0.2, 0) is 47.9 Å². The summed E-state index contributed by atoms with van der Waals surface area (Å²) < 4.78 is 0. The van der Waals surface area contributed by atoms with Crippen molar-refractivity contribution in [3.63, 3.8) is 0 Å². The van der Waals surface area contributed by atoms with Crippen LogP contribution in [0.3, 0.4) is 0 Å². The fourth-order valence-electron chi connectivity index (χ4n) is 1.52. The number of carboxylic acids is 8. The Morgan fingerprint density at radius 2 is 0.523 bits per heavy atom. The number of ketones is 2. The van der Waals surface area contributed by atoms with Crippen molar-refractivity contribution in [3.05, 3.63) is 0 Å². The molecule has 18 nitrogen and oxygen atoms in total. The molecule has 0 radical (unpaired) electrons. The summed E-state index contributed by atoms with van der Waals surface area (Å²) in [5, 5.41) is 64.5. The Kier molecular flexibility index (Phi) is 39.4. The molecule has 0 aromatic carbocycles. The van der Waals surface area contributed by atoms with Gasteiger partial charge in [-0.1, -0.05) is 0 Å². The van der Waals surface area contributed by atoms with Gasteiger partial charge in [0.2, 0.25) is 0 Å². The van der Waals surface area contributed by atoms with Gasteiger partial charge in [-0.3, -0.25) is 47.9 Å². The zero-order chi connectivity index (χ0) is 35.3. The van der Waals surface area contributed by atoms with Crippen LogP contribution in [0.15, 0.2) is 0 Å². The van der Waals surface area contributed by atoms with Crippen LogP contribution in [0.4, 0.5) is 0 Å². The normalized spacial score (nSPS) is 10.1. The lowest BCUT2D eigenvalue weighted by atomic mass is 10.1. The van der Waals surface area contributed by atoms with Gasteiger partial charge in [0.1, 0.15) is 23.4 Å². The van der Waals surface area contributed by atoms with E-state index in [0.29, 0.717) is 0 Å². The number of aliphatic carboxylic acids is 8. The molecule has 8 N–H and O–H groups in total. The van der Waals surface area contributed by atoms with Crippen molar-refractivity contribution in [1.82, 2.24) is 0 Å². The molecule has 0 rings (SSSR count). The summed E-state index contributed by atoms with van der Waals surface area (Å²) in [5.74, 6) is -10.1. The molecule has 19 heteroatoms. The lowest BCUT2D eigenvalue weighted by Crippen LogP contribution is -2.16. The Labute approximate surface area is 262 Å². The Bertz CT molecular complexity index is 772. The smallest absolute Gasteiger partial charge is 0.313 e. The predicted molar refractivity (Wildman–Crippen MR) is 152 cm³/mol. The summed E-state index contributed by atoms with van der Waals surface area (Å²) in [5.41, 5.74) is 0. The summed E-state index contributed by atoms with van der Waals surface area (Å²) >= 11 is 0. The van der Waals surface area contributed by atoms with E-state index >= 15 is 0 Å². The molecule has 0 spiro atoms. The van der Waals surface area contributed by atoms with E-state index in [4.69, 9.17) is 40.9 Å². The van der Waals surface area contributed by atoms with Gasteiger partial charge < -0.3 is 40.9 Å². The number of carbonyl (C=O) groups excluding carboxylic acids is 2. The van der Waals surface area contributed by atoms with Gasteiger partial charge >= 0.3 is 47.8 Å². The average Bonchev–Trinajstić information content (AvgIpc) is 2.83. The van der Waals surface area contributed by atoms with E-state index in [2.05, 4.69) is 0 Å². The van der Waals surface area contributed by atoms with Crippen molar-refractivity contribution in [2.45, 2.75) is 85.5 Å². The van der Waals surface area contributed by atoms with Crippen molar-refractivity contribution < 1.29 is 88.8 Å². The minimum Gasteiger partial charge on any atom is -0.481 e. The van der Waals surface area contributed by atoms with Crippen LogP contribution in [0, 0.1) is 11.8 Å². The zero-order valence-corrected chi connectivity index (χ0v) is 24.2. The molecule has 0 aliphatic heterocycles. The number of hydrogen-bond donors (Lipinski definition) is 8. The van der Waals surface area contributed by atoms with E-state index in [1.54, 1.807) is 0 Å². The number of hydrogen-bond acceptors (Lipinski definition) is 10. The Balaban J connectivity index is -0.000000102. The highest BCUT2D eigenvalue weighted by Gasteiger charge is 2.15. The molecule has 44 heavy (non-hydrogen) atoms. The van der Waals surface area contributed by atoms with Crippen LogP contribution < -0.4 is 0 Å². The standard InChI is InChI=1S/3C5H8O4.2C5H8O3.Al.3H/c3*6-4(7)2-1-3-5(8)9;2*1-3(4(2)6)5(7)8;;;;/h3*1-3H2,(H,6,7)(H,8,9);2*3H,1-2H3,(H,7,8);;;;. The molecule has 2 unspecified atom stereocenters. The van der Waals surface area contributed by atoms with Crippen molar-refractivity contribution in [2.75, 3.05) is 0 Å². The molecule has 0 fully saturated rings. The predicted octanol–water partition coefficient (Wildman–Crippen LogP) is 0.386. The summed E-state index contributed by atoms with van der Waals surface area (Å²) in [7, 11) is 0. The molecular weight excluding hydrogens is 615 g/mol. The second kappa shape index (κ2) is 33.1. The van der Waals surface area contributed by atoms with Gasteiger partial charge in [0, 0.05) is 38.5 Å². The third-order valence-electron chi connectivity index (χ3n) is 4.30. The molecule has 0 saturated heterocycles. The van der Waals surface area contributed by atoms with Crippen LogP contribution in [0.25, 0.3) is 0 Å². The number of Topliss-reactive ketones (excluding diaryl/α,β-unsaturated/α-hetero) is 2.